The topological polar surface area (TPSA) is 28.2 Å². The Hall–Kier alpha value is -1.01. The van der Waals surface area contributed by atoms with Crippen LogP contribution in [0.1, 0.15) is 31.2 Å². The van der Waals surface area contributed by atoms with E-state index in [4.69, 9.17) is 11.6 Å². The highest BCUT2D eigenvalue weighted by Crippen LogP contribution is 2.34. The maximum atomic E-state index is 12.6. The molecule has 0 amide bonds. The van der Waals surface area contributed by atoms with Gasteiger partial charge < -0.3 is 5.32 Å². The number of aromatic nitrogens is 1. The van der Waals surface area contributed by atoms with Crippen LogP contribution in [0.2, 0.25) is 5.02 Å². The SMILES string of the molecule is FC(F)(F)c1cnc(N[C@H]2CCN3CCCC[C@@H]23)c(Cl)c1. The summed E-state index contributed by atoms with van der Waals surface area (Å²) >= 11 is 5.95. The highest BCUT2D eigenvalue weighted by atomic mass is 35.5. The van der Waals surface area contributed by atoms with Gasteiger partial charge in [-0.3, -0.25) is 4.90 Å². The molecule has 0 spiro atoms. The molecule has 2 aliphatic heterocycles. The second-order valence-electron chi connectivity index (χ2n) is 5.69. The molecule has 0 unspecified atom stereocenters. The lowest BCUT2D eigenvalue weighted by Crippen LogP contribution is -2.41. The van der Waals surface area contributed by atoms with Crippen molar-refractivity contribution in [2.24, 2.45) is 0 Å². The van der Waals surface area contributed by atoms with E-state index < -0.39 is 11.7 Å². The number of hydrogen-bond donors (Lipinski definition) is 1. The summed E-state index contributed by atoms with van der Waals surface area (Å²) in [5.41, 5.74) is -0.816. The Bertz CT molecular complexity index is 521. The largest absolute Gasteiger partial charge is 0.417 e. The van der Waals surface area contributed by atoms with Gasteiger partial charge in [0.15, 0.2) is 0 Å². The zero-order valence-electron chi connectivity index (χ0n) is 11.5. The van der Waals surface area contributed by atoms with Crippen LogP contribution in [0.25, 0.3) is 0 Å². The number of alkyl halides is 3. The van der Waals surface area contributed by atoms with E-state index in [1.54, 1.807) is 0 Å². The highest BCUT2D eigenvalue weighted by Gasteiger charge is 2.36. The lowest BCUT2D eigenvalue weighted by molar-refractivity contribution is -0.137. The third-order valence-electron chi connectivity index (χ3n) is 4.35. The van der Waals surface area contributed by atoms with Crippen LogP contribution in [-0.4, -0.2) is 35.1 Å². The Balaban J connectivity index is 1.73. The van der Waals surface area contributed by atoms with Crippen LogP contribution >= 0.6 is 11.6 Å². The quantitative estimate of drug-likeness (QED) is 0.899. The zero-order chi connectivity index (χ0) is 15.0. The van der Waals surface area contributed by atoms with Gasteiger partial charge in [0.1, 0.15) is 5.82 Å². The van der Waals surface area contributed by atoms with Crippen molar-refractivity contribution in [2.45, 2.75) is 43.9 Å². The van der Waals surface area contributed by atoms with Gasteiger partial charge in [0.2, 0.25) is 0 Å². The third kappa shape index (κ3) is 3.11. The minimum atomic E-state index is -4.41. The van der Waals surface area contributed by atoms with Gasteiger partial charge in [-0.2, -0.15) is 13.2 Å². The Morgan fingerprint density at radius 3 is 2.76 bits per heavy atom. The normalized spacial score (nSPS) is 26.7. The van der Waals surface area contributed by atoms with E-state index in [0.717, 1.165) is 38.2 Å². The second-order valence-corrected chi connectivity index (χ2v) is 6.10. The maximum Gasteiger partial charge on any atom is 0.417 e. The van der Waals surface area contributed by atoms with Crippen molar-refractivity contribution >= 4 is 17.4 Å². The Kier molecular flexibility index (Phi) is 4.01. The lowest BCUT2D eigenvalue weighted by atomic mass is 9.99. The molecule has 2 atom stereocenters. The van der Waals surface area contributed by atoms with Gasteiger partial charge in [0.05, 0.1) is 10.6 Å². The molecule has 0 aliphatic carbocycles. The summed E-state index contributed by atoms with van der Waals surface area (Å²) in [6, 6.07) is 1.59. The van der Waals surface area contributed by atoms with E-state index in [9.17, 15) is 13.2 Å². The lowest BCUT2D eigenvalue weighted by Gasteiger charge is -2.32. The number of nitrogens with one attached hydrogen (secondary N) is 1. The van der Waals surface area contributed by atoms with Crippen LogP contribution in [-0.2, 0) is 6.18 Å². The Morgan fingerprint density at radius 1 is 1.24 bits per heavy atom. The summed E-state index contributed by atoms with van der Waals surface area (Å²) < 4.78 is 37.8. The average Bonchev–Trinajstić information content (AvgIpc) is 2.83. The minimum absolute atomic E-state index is 0.0269. The molecule has 2 fully saturated rings. The Labute approximate surface area is 126 Å². The first-order valence-corrected chi connectivity index (χ1v) is 7.56. The number of rotatable bonds is 2. The van der Waals surface area contributed by atoms with Gasteiger partial charge in [0, 0.05) is 24.8 Å². The van der Waals surface area contributed by atoms with Crippen molar-refractivity contribution in [3.8, 4) is 0 Å². The second kappa shape index (κ2) is 5.65. The molecule has 1 aromatic rings. The minimum Gasteiger partial charge on any atom is -0.364 e. The molecule has 21 heavy (non-hydrogen) atoms. The molecule has 0 radical (unpaired) electrons. The number of fused-ring (bicyclic) bond motifs is 1. The zero-order valence-corrected chi connectivity index (χ0v) is 12.2. The van der Waals surface area contributed by atoms with Crippen molar-refractivity contribution in [1.29, 1.82) is 0 Å². The van der Waals surface area contributed by atoms with Crippen molar-refractivity contribution < 1.29 is 13.2 Å². The van der Waals surface area contributed by atoms with Gasteiger partial charge >= 0.3 is 6.18 Å². The molecule has 1 N–H and O–H groups in total. The van der Waals surface area contributed by atoms with Crippen molar-refractivity contribution in [3.63, 3.8) is 0 Å². The third-order valence-corrected chi connectivity index (χ3v) is 4.63. The number of hydrogen-bond acceptors (Lipinski definition) is 3. The van der Waals surface area contributed by atoms with E-state index in [0.29, 0.717) is 11.9 Å². The van der Waals surface area contributed by atoms with Crippen molar-refractivity contribution in [3.05, 3.63) is 22.8 Å². The highest BCUT2D eigenvalue weighted by molar-refractivity contribution is 6.33. The summed E-state index contributed by atoms with van der Waals surface area (Å²) in [5.74, 6) is 0.349. The van der Waals surface area contributed by atoms with Crippen LogP contribution in [0.5, 0.6) is 0 Å². The van der Waals surface area contributed by atoms with Gasteiger partial charge in [-0.25, -0.2) is 4.98 Å². The Morgan fingerprint density at radius 2 is 2.05 bits per heavy atom. The average molecular weight is 320 g/mol. The van der Waals surface area contributed by atoms with E-state index >= 15 is 0 Å². The predicted octanol–water partition coefficient (Wildman–Crippen LogP) is 3.79. The van der Waals surface area contributed by atoms with Gasteiger partial charge in [-0.1, -0.05) is 18.0 Å². The van der Waals surface area contributed by atoms with Crippen LogP contribution in [0.3, 0.4) is 0 Å². The summed E-state index contributed by atoms with van der Waals surface area (Å²) in [6.07, 6.45) is 0.945. The standard InChI is InChI=1S/C14H17ClF3N3/c15-10-7-9(14(16,17)18)8-19-13(10)20-11-4-6-21-5-2-1-3-12(11)21/h7-8,11-12H,1-6H2,(H,19,20)/t11-,12-/m0/s1. The summed E-state index contributed by atoms with van der Waals surface area (Å²) in [6.45, 7) is 2.14. The van der Waals surface area contributed by atoms with Gasteiger partial charge in [0.25, 0.3) is 0 Å². The molecule has 1 aromatic heterocycles. The molecule has 2 aliphatic rings. The number of anilines is 1. The molecule has 0 saturated carbocycles. The van der Waals surface area contributed by atoms with E-state index in [2.05, 4.69) is 15.2 Å². The number of pyridine rings is 1. The fourth-order valence-electron chi connectivity index (χ4n) is 3.29. The molecule has 3 rings (SSSR count). The molecular weight excluding hydrogens is 303 g/mol. The fraction of sp³-hybridized carbons (Fsp3) is 0.643. The molecule has 0 aromatic carbocycles. The number of nitrogens with zero attached hydrogens (tertiary/aromatic N) is 2. The summed E-state index contributed by atoms with van der Waals surface area (Å²) in [5, 5.41) is 3.26. The fourth-order valence-corrected chi connectivity index (χ4v) is 3.51. The maximum absolute atomic E-state index is 12.6. The van der Waals surface area contributed by atoms with Crippen molar-refractivity contribution in [1.82, 2.24) is 9.88 Å². The van der Waals surface area contributed by atoms with Crippen LogP contribution in [0.4, 0.5) is 19.0 Å². The van der Waals surface area contributed by atoms with Crippen LogP contribution in [0.15, 0.2) is 12.3 Å². The van der Waals surface area contributed by atoms with Gasteiger partial charge in [-0.15, -0.1) is 0 Å². The predicted molar refractivity (Wildman–Crippen MR) is 75.5 cm³/mol. The number of piperidine rings is 1. The first-order valence-electron chi connectivity index (χ1n) is 7.18. The molecule has 3 nitrogen and oxygen atoms in total. The number of halogens is 4. The molecule has 3 heterocycles. The van der Waals surface area contributed by atoms with Crippen molar-refractivity contribution in [2.75, 3.05) is 18.4 Å². The smallest absolute Gasteiger partial charge is 0.364 e. The molecule has 0 bridgehead atoms. The molecule has 2 saturated heterocycles. The van der Waals surface area contributed by atoms with E-state index in [1.165, 1.54) is 12.8 Å². The van der Waals surface area contributed by atoms with E-state index in [1.807, 2.05) is 0 Å². The summed E-state index contributed by atoms with van der Waals surface area (Å²) in [7, 11) is 0. The summed E-state index contributed by atoms with van der Waals surface area (Å²) in [4.78, 5) is 6.31. The molecular formula is C14H17ClF3N3. The monoisotopic (exact) mass is 319 g/mol. The molecule has 7 heteroatoms. The van der Waals surface area contributed by atoms with Gasteiger partial charge in [-0.05, 0) is 31.9 Å². The van der Waals surface area contributed by atoms with Crippen LogP contribution < -0.4 is 5.32 Å². The first-order chi connectivity index (χ1) is 9.95. The molecule has 116 valence electrons. The van der Waals surface area contributed by atoms with Crippen LogP contribution in [0, 0.1) is 0 Å². The van der Waals surface area contributed by atoms with E-state index in [-0.39, 0.29) is 11.1 Å². The first kappa shape index (κ1) is 14.9.